The van der Waals surface area contributed by atoms with Crippen molar-refractivity contribution >= 4 is 21.6 Å². The van der Waals surface area contributed by atoms with E-state index in [1.807, 2.05) is 6.07 Å². The molecule has 2 rings (SSSR count). The van der Waals surface area contributed by atoms with Crippen LogP contribution in [-0.4, -0.2) is 17.3 Å². The molecule has 0 atom stereocenters. The Morgan fingerprint density at radius 2 is 1.89 bits per heavy atom. The van der Waals surface area contributed by atoms with E-state index in [1.165, 1.54) is 18.9 Å². The van der Waals surface area contributed by atoms with E-state index >= 15 is 0 Å². The third kappa shape index (κ3) is 3.69. The molecule has 0 saturated heterocycles. The second kappa shape index (κ2) is 6.02. The lowest BCUT2D eigenvalue weighted by molar-refractivity contribution is 0.0381. The highest BCUT2D eigenvalue weighted by molar-refractivity contribution is 9.10. The molecule has 0 aliphatic heterocycles. The van der Waals surface area contributed by atoms with Crippen LogP contribution in [0, 0.1) is 5.82 Å². The lowest BCUT2D eigenvalue weighted by Crippen LogP contribution is -2.36. The fraction of sp³-hybridized carbons (Fsp3) is 0.571. The van der Waals surface area contributed by atoms with E-state index in [9.17, 15) is 9.50 Å². The Bertz CT molecular complexity index is 403. The summed E-state index contributed by atoms with van der Waals surface area (Å²) < 4.78 is 13.8. The zero-order valence-electron chi connectivity index (χ0n) is 10.4. The van der Waals surface area contributed by atoms with Crippen molar-refractivity contribution in [3.63, 3.8) is 0 Å². The van der Waals surface area contributed by atoms with Gasteiger partial charge in [-0.1, -0.05) is 25.7 Å². The number of aliphatic hydroxyl groups is 1. The molecule has 1 fully saturated rings. The van der Waals surface area contributed by atoms with E-state index in [0.29, 0.717) is 16.7 Å². The van der Waals surface area contributed by atoms with Gasteiger partial charge >= 0.3 is 0 Å². The number of nitrogens with one attached hydrogen (secondary N) is 1. The van der Waals surface area contributed by atoms with Crippen LogP contribution in [0.2, 0.25) is 0 Å². The quantitative estimate of drug-likeness (QED) is 0.824. The Morgan fingerprint density at radius 1 is 1.22 bits per heavy atom. The van der Waals surface area contributed by atoms with Crippen molar-refractivity contribution in [3.05, 3.63) is 28.5 Å². The topological polar surface area (TPSA) is 32.3 Å². The van der Waals surface area contributed by atoms with E-state index in [-0.39, 0.29) is 5.82 Å². The second-order valence-electron chi connectivity index (χ2n) is 5.12. The van der Waals surface area contributed by atoms with Crippen molar-refractivity contribution in [3.8, 4) is 0 Å². The Balaban J connectivity index is 1.95. The molecule has 0 bridgehead atoms. The van der Waals surface area contributed by atoms with Gasteiger partial charge in [-0.3, -0.25) is 0 Å². The van der Waals surface area contributed by atoms with Crippen LogP contribution < -0.4 is 5.32 Å². The zero-order valence-corrected chi connectivity index (χ0v) is 12.0. The third-order valence-electron chi connectivity index (χ3n) is 3.58. The van der Waals surface area contributed by atoms with Gasteiger partial charge in [0.25, 0.3) is 0 Å². The fourth-order valence-corrected chi connectivity index (χ4v) is 2.68. The van der Waals surface area contributed by atoms with Gasteiger partial charge in [0, 0.05) is 12.2 Å². The van der Waals surface area contributed by atoms with Crippen molar-refractivity contribution < 1.29 is 9.50 Å². The Kier molecular flexibility index (Phi) is 4.62. The van der Waals surface area contributed by atoms with Crippen LogP contribution in [0.5, 0.6) is 0 Å². The maximum Gasteiger partial charge on any atom is 0.139 e. The minimum Gasteiger partial charge on any atom is -0.388 e. The first-order valence-electron chi connectivity index (χ1n) is 6.50. The zero-order chi connectivity index (χ0) is 13.0. The highest BCUT2D eigenvalue weighted by Crippen LogP contribution is 2.28. The Morgan fingerprint density at radius 3 is 2.50 bits per heavy atom. The number of hydrogen-bond donors (Lipinski definition) is 2. The van der Waals surface area contributed by atoms with Gasteiger partial charge in [0.2, 0.25) is 0 Å². The van der Waals surface area contributed by atoms with Crippen LogP contribution >= 0.6 is 15.9 Å². The van der Waals surface area contributed by atoms with Crippen molar-refractivity contribution in [2.24, 2.45) is 0 Å². The molecule has 0 aromatic heterocycles. The number of hydrogen-bond acceptors (Lipinski definition) is 2. The molecule has 1 aliphatic carbocycles. The lowest BCUT2D eigenvalue weighted by Gasteiger charge is -2.27. The average Bonchev–Trinajstić information content (AvgIpc) is 2.56. The SMILES string of the molecule is OC1(CNc2ccc(Br)c(F)c2)CCCCCC1. The minimum absolute atomic E-state index is 0.284. The van der Waals surface area contributed by atoms with Gasteiger partial charge in [-0.25, -0.2) is 4.39 Å². The first-order chi connectivity index (χ1) is 8.59. The average molecular weight is 316 g/mol. The molecule has 1 aliphatic rings. The minimum atomic E-state index is -0.639. The third-order valence-corrected chi connectivity index (χ3v) is 4.22. The van der Waals surface area contributed by atoms with Crippen LogP contribution in [-0.2, 0) is 0 Å². The highest BCUT2D eigenvalue weighted by atomic mass is 79.9. The molecule has 1 saturated carbocycles. The molecular weight excluding hydrogens is 297 g/mol. The smallest absolute Gasteiger partial charge is 0.139 e. The molecule has 1 aromatic carbocycles. The standard InChI is InChI=1S/C14H19BrFNO/c15-12-6-5-11(9-13(12)16)17-10-14(18)7-3-1-2-4-8-14/h5-6,9,17-18H,1-4,7-8,10H2. The molecule has 18 heavy (non-hydrogen) atoms. The Labute approximate surface area is 116 Å². The van der Waals surface area contributed by atoms with Gasteiger partial charge < -0.3 is 10.4 Å². The summed E-state index contributed by atoms with van der Waals surface area (Å²) in [6.07, 6.45) is 6.22. The molecule has 0 radical (unpaired) electrons. The van der Waals surface area contributed by atoms with Crippen molar-refractivity contribution in [1.82, 2.24) is 0 Å². The molecule has 0 heterocycles. The van der Waals surface area contributed by atoms with E-state index in [1.54, 1.807) is 6.07 Å². The predicted octanol–water partition coefficient (Wildman–Crippen LogP) is 4.09. The molecule has 1 aromatic rings. The first kappa shape index (κ1) is 13.8. The van der Waals surface area contributed by atoms with Crippen molar-refractivity contribution in [2.45, 2.75) is 44.1 Å². The van der Waals surface area contributed by atoms with Crippen LogP contribution in [0.4, 0.5) is 10.1 Å². The summed E-state index contributed by atoms with van der Waals surface area (Å²) in [4.78, 5) is 0. The number of halogens is 2. The maximum absolute atomic E-state index is 13.4. The molecule has 0 amide bonds. The van der Waals surface area contributed by atoms with Gasteiger partial charge in [0.15, 0.2) is 0 Å². The van der Waals surface area contributed by atoms with E-state index in [4.69, 9.17) is 0 Å². The van der Waals surface area contributed by atoms with Gasteiger partial charge in [0.1, 0.15) is 5.82 Å². The van der Waals surface area contributed by atoms with E-state index in [2.05, 4.69) is 21.2 Å². The summed E-state index contributed by atoms with van der Waals surface area (Å²) in [5.74, 6) is -0.284. The van der Waals surface area contributed by atoms with Crippen LogP contribution in [0.15, 0.2) is 22.7 Å². The van der Waals surface area contributed by atoms with Crippen LogP contribution in [0.1, 0.15) is 38.5 Å². The van der Waals surface area contributed by atoms with Gasteiger partial charge in [-0.2, -0.15) is 0 Å². The van der Waals surface area contributed by atoms with Crippen molar-refractivity contribution in [1.29, 1.82) is 0 Å². The van der Waals surface area contributed by atoms with E-state index < -0.39 is 5.60 Å². The predicted molar refractivity (Wildman–Crippen MR) is 75.2 cm³/mol. The van der Waals surface area contributed by atoms with Gasteiger partial charge in [-0.15, -0.1) is 0 Å². The summed E-state index contributed by atoms with van der Waals surface area (Å²) in [6.45, 7) is 0.494. The van der Waals surface area contributed by atoms with Crippen LogP contribution in [0.3, 0.4) is 0 Å². The number of rotatable bonds is 3. The Hall–Kier alpha value is -0.610. The van der Waals surface area contributed by atoms with Crippen molar-refractivity contribution in [2.75, 3.05) is 11.9 Å². The summed E-state index contributed by atoms with van der Waals surface area (Å²) >= 11 is 3.13. The summed E-state index contributed by atoms with van der Waals surface area (Å²) in [5.41, 5.74) is 0.0772. The lowest BCUT2D eigenvalue weighted by atomic mass is 9.94. The normalized spacial score (nSPS) is 19.3. The van der Waals surface area contributed by atoms with Gasteiger partial charge in [-0.05, 0) is 47.0 Å². The summed E-state index contributed by atoms with van der Waals surface area (Å²) in [5, 5.41) is 13.6. The molecule has 0 spiro atoms. The fourth-order valence-electron chi connectivity index (χ4n) is 2.44. The highest BCUT2D eigenvalue weighted by Gasteiger charge is 2.27. The number of benzene rings is 1. The first-order valence-corrected chi connectivity index (χ1v) is 7.30. The summed E-state index contributed by atoms with van der Waals surface area (Å²) in [7, 11) is 0. The van der Waals surface area contributed by atoms with Crippen LogP contribution in [0.25, 0.3) is 0 Å². The summed E-state index contributed by atoms with van der Waals surface area (Å²) in [6, 6.07) is 4.94. The maximum atomic E-state index is 13.4. The molecular formula is C14H19BrFNO. The largest absolute Gasteiger partial charge is 0.388 e. The second-order valence-corrected chi connectivity index (χ2v) is 5.98. The van der Waals surface area contributed by atoms with Gasteiger partial charge in [0.05, 0.1) is 10.1 Å². The van der Waals surface area contributed by atoms with E-state index in [0.717, 1.165) is 25.7 Å². The molecule has 2 nitrogen and oxygen atoms in total. The molecule has 4 heteroatoms. The molecule has 0 unspecified atom stereocenters. The number of anilines is 1. The molecule has 100 valence electrons. The molecule has 2 N–H and O–H groups in total. The monoisotopic (exact) mass is 315 g/mol.